The molecule has 2 amide bonds. The summed E-state index contributed by atoms with van der Waals surface area (Å²) < 4.78 is 27.7. The number of piperidine rings is 2. The molecule has 1 atom stereocenters. The van der Waals surface area contributed by atoms with Crippen molar-refractivity contribution in [3.63, 3.8) is 0 Å². The van der Waals surface area contributed by atoms with Crippen molar-refractivity contribution in [3.05, 3.63) is 30.3 Å². The first kappa shape index (κ1) is 20.3. The summed E-state index contributed by atoms with van der Waals surface area (Å²) in [5.41, 5.74) is -0.325. The van der Waals surface area contributed by atoms with E-state index in [9.17, 15) is 18.0 Å². The molecule has 0 N–H and O–H groups in total. The predicted octanol–water partition coefficient (Wildman–Crippen LogP) is 1.70. The van der Waals surface area contributed by atoms with Crippen molar-refractivity contribution in [3.8, 4) is 0 Å². The first-order valence-corrected chi connectivity index (χ1v) is 11.9. The molecule has 29 heavy (non-hydrogen) atoms. The Bertz CT molecular complexity index is 878. The van der Waals surface area contributed by atoms with Gasteiger partial charge < -0.3 is 9.80 Å². The van der Waals surface area contributed by atoms with Gasteiger partial charge in [-0.1, -0.05) is 24.6 Å². The molecule has 3 heterocycles. The molecule has 0 aromatic heterocycles. The molecule has 7 nitrogen and oxygen atoms in total. The maximum Gasteiger partial charge on any atom is 0.243 e. The number of carbonyl (C=O) groups is 2. The lowest BCUT2D eigenvalue weighted by molar-refractivity contribution is -0.144. The maximum absolute atomic E-state index is 13.3. The summed E-state index contributed by atoms with van der Waals surface area (Å²) in [4.78, 5) is 29.6. The van der Waals surface area contributed by atoms with E-state index in [0.717, 1.165) is 25.8 Å². The van der Waals surface area contributed by atoms with Gasteiger partial charge in [0.15, 0.2) is 0 Å². The summed E-state index contributed by atoms with van der Waals surface area (Å²) in [7, 11) is -1.87. The molecule has 3 fully saturated rings. The molecule has 1 aromatic rings. The number of carbonyl (C=O) groups excluding carboxylic acids is 2. The monoisotopic (exact) mass is 419 g/mol. The summed E-state index contributed by atoms with van der Waals surface area (Å²) in [6.45, 7) is 2.19. The third-order valence-corrected chi connectivity index (χ3v) is 8.77. The molecule has 158 valence electrons. The van der Waals surface area contributed by atoms with Crippen molar-refractivity contribution < 1.29 is 18.0 Å². The fourth-order valence-electron chi connectivity index (χ4n) is 4.99. The smallest absolute Gasteiger partial charge is 0.243 e. The van der Waals surface area contributed by atoms with Crippen molar-refractivity contribution in [1.82, 2.24) is 14.1 Å². The van der Waals surface area contributed by atoms with Crippen molar-refractivity contribution in [2.75, 3.05) is 33.2 Å². The van der Waals surface area contributed by atoms with Crippen LogP contribution in [-0.2, 0) is 19.6 Å². The van der Waals surface area contributed by atoms with Gasteiger partial charge >= 0.3 is 0 Å². The first-order valence-electron chi connectivity index (χ1n) is 10.5. The topological polar surface area (TPSA) is 78.0 Å². The molecule has 0 saturated carbocycles. The van der Waals surface area contributed by atoms with Gasteiger partial charge in [0.05, 0.1) is 10.3 Å². The number of amides is 2. The van der Waals surface area contributed by atoms with Crippen LogP contribution in [0.15, 0.2) is 35.2 Å². The summed E-state index contributed by atoms with van der Waals surface area (Å²) in [5, 5.41) is 0. The minimum absolute atomic E-state index is 0.113. The molecule has 3 aliphatic heterocycles. The molecule has 1 spiro atoms. The highest BCUT2D eigenvalue weighted by molar-refractivity contribution is 7.89. The minimum Gasteiger partial charge on any atom is -0.345 e. The molecule has 1 unspecified atom stereocenters. The van der Waals surface area contributed by atoms with Crippen LogP contribution in [0, 0.1) is 5.41 Å². The fraction of sp³-hybridized carbons (Fsp3) is 0.619. The summed E-state index contributed by atoms with van der Waals surface area (Å²) in [5.74, 6) is 0.0772. The lowest BCUT2D eigenvalue weighted by Gasteiger charge is -2.41. The Morgan fingerprint density at radius 2 is 1.66 bits per heavy atom. The van der Waals surface area contributed by atoms with E-state index in [1.807, 2.05) is 7.05 Å². The van der Waals surface area contributed by atoms with Crippen LogP contribution in [0.4, 0.5) is 0 Å². The van der Waals surface area contributed by atoms with Crippen molar-refractivity contribution in [2.45, 2.75) is 49.5 Å². The van der Waals surface area contributed by atoms with Gasteiger partial charge in [0.25, 0.3) is 0 Å². The zero-order valence-electron chi connectivity index (χ0n) is 16.9. The average molecular weight is 420 g/mol. The number of sulfonamides is 1. The minimum atomic E-state index is -3.71. The molecule has 8 heteroatoms. The molecular weight excluding hydrogens is 390 g/mol. The Hall–Kier alpha value is -1.93. The molecule has 4 rings (SSSR count). The van der Waals surface area contributed by atoms with E-state index in [2.05, 4.69) is 0 Å². The second-order valence-electron chi connectivity index (χ2n) is 8.52. The lowest BCUT2D eigenvalue weighted by Crippen LogP contribution is -2.55. The van der Waals surface area contributed by atoms with Gasteiger partial charge in [0.1, 0.15) is 6.04 Å². The van der Waals surface area contributed by atoms with Crippen LogP contribution >= 0.6 is 0 Å². The van der Waals surface area contributed by atoms with Gasteiger partial charge in [-0.2, -0.15) is 4.31 Å². The van der Waals surface area contributed by atoms with Gasteiger partial charge in [-0.15, -0.1) is 0 Å². The van der Waals surface area contributed by atoms with Crippen LogP contribution in [0.5, 0.6) is 0 Å². The fourth-order valence-corrected chi connectivity index (χ4v) is 6.66. The Kier molecular flexibility index (Phi) is 5.42. The van der Waals surface area contributed by atoms with Crippen LogP contribution in [-0.4, -0.2) is 73.6 Å². The molecule has 0 aliphatic carbocycles. The molecule has 3 saturated heterocycles. The maximum atomic E-state index is 13.3. The third kappa shape index (κ3) is 3.57. The Labute approximate surface area is 172 Å². The van der Waals surface area contributed by atoms with E-state index in [1.165, 1.54) is 4.31 Å². The van der Waals surface area contributed by atoms with Gasteiger partial charge in [0, 0.05) is 33.2 Å². The number of benzene rings is 1. The van der Waals surface area contributed by atoms with E-state index in [0.29, 0.717) is 38.9 Å². The van der Waals surface area contributed by atoms with Crippen molar-refractivity contribution >= 4 is 21.8 Å². The zero-order chi connectivity index (χ0) is 20.6. The first-order chi connectivity index (χ1) is 13.8. The number of rotatable bonds is 3. The summed E-state index contributed by atoms with van der Waals surface area (Å²) in [6.07, 6.45) is 4.34. The van der Waals surface area contributed by atoms with Crippen molar-refractivity contribution in [2.24, 2.45) is 5.41 Å². The lowest BCUT2D eigenvalue weighted by atomic mass is 9.77. The normalized spacial score (nSPS) is 25.6. The molecule has 1 aromatic carbocycles. The summed E-state index contributed by atoms with van der Waals surface area (Å²) in [6, 6.07) is 7.70. The SMILES string of the molecule is CN1CCC2(CCN(C(=O)C3CCCCN3S(=O)(=O)c3ccccc3)CC2)C1=O. The third-order valence-electron chi connectivity index (χ3n) is 6.85. The zero-order valence-corrected chi connectivity index (χ0v) is 17.7. The van der Waals surface area contributed by atoms with E-state index < -0.39 is 16.1 Å². The van der Waals surface area contributed by atoms with Crippen molar-refractivity contribution in [1.29, 1.82) is 0 Å². The van der Waals surface area contributed by atoms with Gasteiger partial charge in [-0.3, -0.25) is 9.59 Å². The highest BCUT2D eigenvalue weighted by Gasteiger charge is 2.48. The summed E-state index contributed by atoms with van der Waals surface area (Å²) >= 11 is 0. The number of hydrogen-bond acceptors (Lipinski definition) is 4. The average Bonchev–Trinajstić information content (AvgIpc) is 3.03. The van der Waals surface area contributed by atoms with E-state index in [-0.39, 0.29) is 22.1 Å². The molecular formula is C21H29N3O4S. The highest BCUT2D eigenvalue weighted by atomic mass is 32.2. The van der Waals surface area contributed by atoms with Crippen LogP contribution < -0.4 is 0 Å². The number of likely N-dealkylation sites (tertiary alicyclic amines) is 2. The van der Waals surface area contributed by atoms with Crippen LogP contribution in [0.3, 0.4) is 0 Å². The quantitative estimate of drug-likeness (QED) is 0.747. The van der Waals surface area contributed by atoms with Crippen LogP contribution in [0.1, 0.15) is 38.5 Å². The Balaban J connectivity index is 1.50. The van der Waals surface area contributed by atoms with Crippen LogP contribution in [0.25, 0.3) is 0 Å². The van der Waals surface area contributed by atoms with Gasteiger partial charge in [0.2, 0.25) is 21.8 Å². The van der Waals surface area contributed by atoms with Gasteiger partial charge in [-0.05, 0) is 44.2 Å². The van der Waals surface area contributed by atoms with E-state index in [1.54, 1.807) is 40.1 Å². The second-order valence-corrected chi connectivity index (χ2v) is 10.4. The van der Waals surface area contributed by atoms with E-state index >= 15 is 0 Å². The molecule has 0 bridgehead atoms. The van der Waals surface area contributed by atoms with Crippen LogP contribution in [0.2, 0.25) is 0 Å². The largest absolute Gasteiger partial charge is 0.345 e. The van der Waals surface area contributed by atoms with E-state index in [4.69, 9.17) is 0 Å². The molecule has 0 radical (unpaired) electrons. The predicted molar refractivity (Wildman–Crippen MR) is 108 cm³/mol. The Morgan fingerprint density at radius 3 is 2.28 bits per heavy atom. The highest BCUT2D eigenvalue weighted by Crippen LogP contribution is 2.41. The standard InChI is InChI=1S/C21H29N3O4S/c1-22-14-10-21(20(22)26)11-15-23(16-12-21)19(25)18-9-5-6-13-24(18)29(27,28)17-7-3-2-4-8-17/h2-4,7-8,18H,5-6,9-16H2,1H3. The Morgan fingerprint density at radius 1 is 1.00 bits per heavy atom. The van der Waals surface area contributed by atoms with Gasteiger partial charge in [-0.25, -0.2) is 8.42 Å². The second kappa shape index (κ2) is 7.72. The number of hydrogen-bond donors (Lipinski definition) is 0. The number of nitrogens with zero attached hydrogens (tertiary/aromatic N) is 3. The molecule has 3 aliphatic rings.